The summed E-state index contributed by atoms with van der Waals surface area (Å²) in [4.78, 5) is 22.6. The number of nitrogens with zero attached hydrogens (tertiary/aromatic N) is 1. The van der Waals surface area contributed by atoms with E-state index in [9.17, 15) is 9.59 Å². The molecule has 0 radical (unpaired) electrons. The summed E-state index contributed by atoms with van der Waals surface area (Å²) in [5.41, 5.74) is 0.437. The van der Waals surface area contributed by atoms with Crippen LogP contribution in [0.1, 0.15) is 19.3 Å². The quantitative estimate of drug-likeness (QED) is 0.445. The van der Waals surface area contributed by atoms with Gasteiger partial charge >= 0.3 is 0 Å². The molecule has 1 N–H and O–H groups in total. The number of quaternary nitrogens is 1. The van der Waals surface area contributed by atoms with Crippen LogP contribution in [0.5, 0.6) is 0 Å². The lowest BCUT2D eigenvalue weighted by Crippen LogP contribution is -2.42. The van der Waals surface area contributed by atoms with Crippen LogP contribution in [0.25, 0.3) is 0 Å². The Kier molecular flexibility index (Phi) is 3.97. The van der Waals surface area contributed by atoms with E-state index in [1.165, 1.54) is 44.2 Å². The molecule has 1 aliphatic heterocycles. The zero-order valence-electron chi connectivity index (χ0n) is 10.9. The first-order valence-corrected chi connectivity index (χ1v) is 6.65. The Morgan fingerprint density at radius 2 is 1.94 bits per heavy atom. The Hall–Kier alpha value is -1.42. The van der Waals surface area contributed by atoms with Gasteiger partial charge < -0.3 is 9.80 Å². The van der Waals surface area contributed by atoms with Gasteiger partial charge in [0.05, 0.1) is 32.4 Å². The Morgan fingerprint density at radius 1 is 1.22 bits per heavy atom. The van der Waals surface area contributed by atoms with Crippen molar-refractivity contribution in [1.82, 2.24) is 5.32 Å². The average Bonchev–Trinajstić information content (AvgIpc) is 2.76. The molecule has 98 valence electrons. The first-order chi connectivity index (χ1) is 8.59. The standard InChI is InChI=1S/C14H20N2O2/c1-16(8-2-3-9-16)10-4-7-15-13-11-12(17)5-6-14(13)18/h5-6,11H,2-4,7-10H2,1H3/p+1. The third-order valence-electron chi connectivity index (χ3n) is 3.79. The summed E-state index contributed by atoms with van der Waals surface area (Å²) in [5.74, 6) is -0.216. The van der Waals surface area contributed by atoms with Crippen LogP contribution in [-0.4, -0.2) is 49.3 Å². The van der Waals surface area contributed by atoms with Crippen LogP contribution in [0.15, 0.2) is 23.9 Å². The number of hydrogen-bond acceptors (Lipinski definition) is 3. The Bertz CT molecular complexity index is 404. The molecule has 2 rings (SSSR count). The summed E-state index contributed by atoms with van der Waals surface area (Å²) < 4.78 is 1.15. The second kappa shape index (κ2) is 5.48. The van der Waals surface area contributed by atoms with Crippen LogP contribution in [0, 0.1) is 0 Å². The van der Waals surface area contributed by atoms with Crippen molar-refractivity contribution < 1.29 is 14.1 Å². The molecule has 0 aromatic heterocycles. The summed E-state index contributed by atoms with van der Waals surface area (Å²) in [7, 11) is 2.30. The van der Waals surface area contributed by atoms with Gasteiger partial charge in [0.25, 0.3) is 0 Å². The third kappa shape index (κ3) is 3.29. The summed E-state index contributed by atoms with van der Waals surface area (Å²) in [6.07, 6.45) is 7.70. The van der Waals surface area contributed by atoms with Gasteiger partial charge in [0.15, 0.2) is 5.78 Å². The van der Waals surface area contributed by atoms with Crippen molar-refractivity contribution in [3.8, 4) is 0 Å². The highest BCUT2D eigenvalue weighted by Crippen LogP contribution is 2.16. The van der Waals surface area contributed by atoms with Gasteiger partial charge in [-0.05, 0) is 12.2 Å². The van der Waals surface area contributed by atoms with Crippen LogP contribution < -0.4 is 5.32 Å². The van der Waals surface area contributed by atoms with Gasteiger partial charge in [-0.2, -0.15) is 0 Å². The molecule has 4 nitrogen and oxygen atoms in total. The van der Waals surface area contributed by atoms with Gasteiger partial charge in [-0.1, -0.05) is 0 Å². The van der Waals surface area contributed by atoms with E-state index in [1.54, 1.807) is 0 Å². The predicted molar refractivity (Wildman–Crippen MR) is 69.9 cm³/mol. The molecule has 0 aromatic carbocycles. The smallest absolute Gasteiger partial charge is 0.201 e. The van der Waals surface area contributed by atoms with E-state index in [1.807, 2.05) is 0 Å². The SMILES string of the molecule is C[N+]1(CCCNC2=CC(=O)C=CC2=O)CCCC1. The summed E-state index contributed by atoms with van der Waals surface area (Å²) in [6.45, 7) is 4.43. The van der Waals surface area contributed by atoms with Crippen molar-refractivity contribution >= 4 is 11.6 Å². The van der Waals surface area contributed by atoms with Gasteiger partial charge in [0, 0.05) is 31.9 Å². The zero-order chi connectivity index (χ0) is 13.0. The van der Waals surface area contributed by atoms with Crippen molar-refractivity contribution in [1.29, 1.82) is 0 Å². The number of hydrogen-bond donors (Lipinski definition) is 1. The van der Waals surface area contributed by atoms with Crippen molar-refractivity contribution in [3.63, 3.8) is 0 Å². The fourth-order valence-corrected chi connectivity index (χ4v) is 2.65. The predicted octanol–water partition coefficient (Wildman–Crippen LogP) is 0.798. The lowest BCUT2D eigenvalue weighted by atomic mass is 10.1. The number of carbonyl (C=O) groups is 2. The molecule has 0 spiro atoms. The van der Waals surface area contributed by atoms with Crippen molar-refractivity contribution in [2.24, 2.45) is 0 Å². The molecular formula is C14H21N2O2+. The van der Waals surface area contributed by atoms with E-state index < -0.39 is 0 Å². The van der Waals surface area contributed by atoms with E-state index in [2.05, 4.69) is 12.4 Å². The fourth-order valence-electron chi connectivity index (χ4n) is 2.65. The number of rotatable bonds is 5. The summed E-state index contributed by atoms with van der Waals surface area (Å²) in [6, 6.07) is 0. The molecule has 18 heavy (non-hydrogen) atoms. The maximum atomic E-state index is 11.5. The molecule has 2 aliphatic rings. The number of nitrogens with one attached hydrogen (secondary N) is 1. The Balaban J connectivity index is 1.72. The van der Waals surface area contributed by atoms with Crippen LogP contribution in [0.2, 0.25) is 0 Å². The monoisotopic (exact) mass is 249 g/mol. The molecular weight excluding hydrogens is 228 g/mol. The van der Waals surface area contributed by atoms with Gasteiger partial charge in [0.2, 0.25) is 5.78 Å². The van der Waals surface area contributed by atoms with Crippen molar-refractivity contribution in [2.45, 2.75) is 19.3 Å². The van der Waals surface area contributed by atoms with Crippen molar-refractivity contribution in [3.05, 3.63) is 23.9 Å². The van der Waals surface area contributed by atoms with Gasteiger partial charge in [-0.3, -0.25) is 9.59 Å². The maximum Gasteiger partial charge on any atom is 0.201 e. The minimum Gasteiger partial charge on any atom is -0.382 e. The molecule has 0 amide bonds. The highest BCUT2D eigenvalue weighted by molar-refractivity contribution is 6.16. The minimum absolute atomic E-state index is 0.101. The summed E-state index contributed by atoms with van der Waals surface area (Å²) in [5, 5.41) is 3.07. The van der Waals surface area contributed by atoms with E-state index >= 15 is 0 Å². The molecule has 1 saturated heterocycles. The van der Waals surface area contributed by atoms with Crippen molar-refractivity contribution in [2.75, 3.05) is 33.2 Å². The van der Waals surface area contributed by atoms with E-state index in [4.69, 9.17) is 0 Å². The minimum atomic E-state index is -0.115. The maximum absolute atomic E-state index is 11.5. The molecule has 4 heteroatoms. The first kappa shape index (κ1) is 13.0. The molecule has 1 fully saturated rings. The molecule has 0 atom stereocenters. The molecule has 0 aromatic rings. The Labute approximate surface area is 108 Å². The highest BCUT2D eigenvalue weighted by Gasteiger charge is 2.25. The van der Waals surface area contributed by atoms with Crippen LogP contribution in [0.4, 0.5) is 0 Å². The largest absolute Gasteiger partial charge is 0.382 e. The van der Waals surface area contributed by atoms with Crippen LogP contribution >= 0.6 is 0 Å². The number of carbonyl (C=O) groups excluding carboxylic acids is 2. The Morgan fingerprint density at radius 3 is 2.67 bits per heavy atom. The van der Waals surface area contributed by atoms with Crippen LogP contribution in [-0.2, 0) is 9.59 Å². The normalized spacial score (nSPS) is 22.2. The third-order valence-corrected chi connectivity index (χ3v) is 3.79. The lowest BCUT2D eigenvalue weighted by molar-refractivity contribution is -0.897. The second-order valence-corrected chi connectivity index (χ2v) is 5.44. The molecule has 0 unspecified atom stereocenters. The van der Waals surface area contributed by atoms with E-state index in [0.717, 1.165) is 24.0 Å². The first-order valence-electron chi connectivity index (χ1n) is 6.65. The summed E-state index contributed by atoms with van der Waals surface area (Å²) >= 11 is 0. The molecule has 1 aliphatic carbocycles. The fraction of sp³-hybridized carbons (Fsp3) is 0.571. The van der Waals surface area contributed by atoms with Crippen LogP contribution in [0.3, 0.4) is 0 Å². The number of ketones is 2. The van der Waals surface area contributed by atoms with E-state index in [-0.39, 0.29) is 11.6 Å². The molecule has 0 saturated carbocycles. The second-order valence-electron chi connectivity index (χ2n) is 5.44. The van der Waals surface area contributed by atoms with Gasteiger partial charge in [-0.15, -0.1) is 0 Å². The lowest BCUT2D eigenvalue weighted by Gasteiger charge is -2.29. The number of allylic oxidation sites excluding steroid dienone is 3. The molecule has 0 bridgehead atoms. The van der Waals surface area contributed by atoms with Gasteiger partial charge in [0.1, 0.15) is 0 Å². The zero-order valence-corrected chi connectivity index (χ0v) is 10.9. The molecule has 1 heterocycles. The number of likely N-dealkylation sites (tertiary alicyclic amines) is 1. The highest BCUT2D eigenvalue weighted by atomic mass is 16.1. The average molecular weight is 249 g/mol. The van der Waals surface area contributed by atoms with E-state index in [0.29, 0.717) is 5.70 Å². The van der Waals surface area contributed by atoms with Gasteiger partial charge in [-0.25, -0.2) is 0 Å². The topological polar surface area (TPSA) is 46.2 Å².